The molecule has 1 rings (SSSR count). The molecule has 1 aliphatic rings. The van der Waals surface area contributed by atoms with Gasteiger partial charge in [-0.2, -0.15) is 0 Å². The molecule has 0 bridgehead atoms. The lowest BCUT2D eigenvalue weighted by atomic mass is 9.79. The molecule has 0 saturated carbocycles. The molecule has 0 aliphatic carbocycles. The lowest BCUT2D eigenvalue weighted by Crippen LogP contribution is -2.63. The zero-order chi connectivity index (χ0) is 11.6. The van der Waals surface area contributed by atoms with Crippen molar-refractivity contribution in [2.24, 2.45) is 11.5 Å². The van der Waals surface area contributed by atoms with Gasteiger partial charge in [-0.25, -0.2) is 0 Å². The monoisotopic (exact) mass is 213 g/mol. The summed E-state index contributed by atoms with van der Waals surface area (Å²) in [6.07, 6.45) is 2.23. The van der Waals surface area contributed by atoms with E-state index in [-0.39, 0.29) is 18.4 Å². The van der Waals surface area contributed by atoms with Gasteiger partial charge in [0.25, 0.3) is 0 Å². The Balaban J connectivity index is 2.76. The zero-order valence-electron chi connectivity index (χ0n) is 9.99. The number of hydrogen-bond donors (Lipinski definition) is 2. The number of amides is 1. The molecular weight excluding hydrogens is 190 g/mol. The Bertz CT molecular complexity index is 242. The Kier molecular flexibility index (Phi) is 3.73. The second-order valence-corrected chi connectivity index (χ2v) is 4.99. The van der Waals surface area contributed by atoms with Crippen molar-refractivity contribution >= 4 is 5.91 Å². The van der Waals surface area contributed by atoms with Gasteiger partial charge in [0.1, 0.15) is 0 Å². The standard InChI is InChI=1S/C11H23N3O/c1-8(2)14-6-4-5-11(13,9(14)3)7-10(12)15/h8-9H,4-7,13H2,1-3H3,(H2,12,15). The van der Waals surface area contributed by atoms with Crippen LogP contribution in [0.4, 0.5) is 0 Å². The van der Waals surface area contributed by atoms with Gasteiger partial charge >= 0.3 is 0 Å². The molecule has 0 spiro atoms. The number of carbonyl (C=O) groups is 1. The van der Waals surface area contributed by atoms with Crippen LogP contribution < -0.4 is 11.5 Å². The molecule has 0 aromatic rings. The highest BCUT2D eigenvalue weighted by atomic mass is 16.1. The van der Waals surface area contributed by atoms with Crippen LogP contribution in [-0.4, -0.2) is 35.0 Å². The number of primary amides is 1. The molecule has 4 nitrogen and oxygen atoms in total. The summed E-state index contributed by atoms with van der Waals surface area (Å²) in [5.74, 6) is -0.296. The topological polar surface area (TPSA) is 72.3 Å². The highest BCUT2D eigenvalue weighted by molar-refractivity contribution is 5.75. The van der Waals surface area contributed by atoms with E-state index in [1.807, 2.05) is 0 Å². The lowest BCUT2D eigenvalue weighted by Gasteiger charge is -2.48. The Morgan fingerprint density at radius 3 is 2.67 bits per heavy atom. The molecular formula is C11H23N3O. The Morgan fingerprint density at radius 1 is 1.60 bits per heavy atom. The summed E-state index contributed by atoms with van der Waals surface area (Å²) in [6, 6.07) is 0.690. The van der Waals surface area contributed by atoms with Crippen molar-refractivity contribution < 1.29 is 4.79 Å². The minimum absolute atomic E-state index is 0.221. The average Bonchev–Trinajstić information content (AvgIpc) is 2.08. The Labute approximate surface area is 92.0 Å². The summed E-state index contributed by atoms with van der Waals surface area (Å²) in [7, 11) is 0. The third-order valence-electron chi connectivity index (χ3n) is 3.55. The quantitative estimate of drug-likeness (QED) is 0.715. The average molecular weight is 213 g/mol. The first-order valence-corrected chi connectivity index (χ1v) is 5.70. The molecule has 0 aromatic carbocycles. The highest BCUT2D eigenvalue weighted by Gasteiger charge is 2.40. The van der Waals surface area contributed by atoms with E-state index in [9.17, 15) is 4.79 Å². The van der Waals surface area contributed by atoms with E-state index in [1.165, 1.54) is 0 Å². The molecule has 1 aliphatic heterocycles. The smallest absolute Gasteiger partial charge is 0.219 e. The first kappa shape index (κ1) is 12.5. The molecule has 1 heterocycles. The highest BCUT2D eigenvalue weighted by Crippen LogP contribution is 2.29. The van der Waals surface area contributed by atoms with Gasteiger partial charge in [-0.15, -0.1) is 0 Å². The summed E-state index contributed by atoms with van der Waals surface area (Å²) in [5, 5.41) is 0. The van der Waals surface area contributed by atoms with Crippen LogP contribution in [-0.2, 0) is 4.79 Å². The molecule has 4 heteroatoms. The largest absolute Gasteiger partial charge is 0.370 e. The van der Waals surface area contributed by atoms with E-state index >= 15 is 0 Å². The second kappa shape index (κ2) is 4.49. The number of carbonyl (C=O) groups excluding carboxylic acids is 1. The molecule has 2 unspecified atom stereocenters. The van der Waals surface area contributed by atoms with Crippen LogP contribution in [0.5, 0.6) is 0 Å². The number of nitrogens with zero attached hydrogens (tertiary/aromatic N) is 1. The molecule has 1 saturated heterocycles. The maximum Gasteiger partial charge on any atom is 0.219 e. The molecule has 1 fully saturated rings. The van der Waals surface area contributed by atoms with Crippen molar-refractivity contribution in [1.29, 1.82) is 0 Å². The normalized spacial score (nSPS) is 33.3. The van der Waals surface area contributed by atoms with Crippen LogP contribution in [0.15, 0.2) is 0 Å². The minimum Gasteiger partial charge on any atom is -0.370 e. The van der Waals surface area contributed by atoms with Crippen molar-refractivity contribution in [3.05, 3.63) is 0 Å². The van der Waals surface area contributed by atoms with Crippen LogP contribution in [0.1, 0.15) is 40.0 Å². The van der Waals surface area contributed by atoms with Gasteiger partial charge < -0.3 is 11.5 Å². The first-order chi connectivity index (χ1) is 6.87. The maximum absolute atomic E-state index is 11.0. The van der Waals surface area contributed by atoms with Crippen LogP contribution in [0.25, 0.3) is 0 Å². The molecule has 0 aromatic heterocycles. The maximum atomic E-state index is 11.0. The van der Waals surface area contributed by atoms with Crippen LogP contribution >= 0.6 is 0 Å². The van der Waals surface area contributed by atoms with Crippen LogP contribution in [0, 0.1) is 0 Å². The zero-order valence-corrected chi connectivity index (χ0v) is 9.99. The fourth-order valence-electron chi connectivity index (χ4n) is 2.59. The van der Waals surface area contributed by atoms with Gasteiger partial charge in [0.2, 0.25) is 5.91 Å². The molecule has 2 atom stereocenters. The molecule has 4 N–H and O–H groups in total. The van der Waals surface area contributed by atoms with Crippen LogP contribution in [0.2, 0.25) is 0 Å². The van der Waals surface area contributed by atoms with E-state index < -0.39 is 5.54 Å². The predicted molar refractivity (Wildman–Crippen MR) is 61.3 cm³/mol. The number of nitrogens with two attached hydrogens (primary N) is 2. The van der Waals surface area contributed by atoms with Crippen molar-refractivity contribution in [3.63, 3.8) is 0 Å². The molecule has 15 heavy (non-hydrogen) atoms. The number of rotatable bonds is 3. The fourth-order valence-corrected chi connectivity index (χ4v) is 2.59. The van der Waals surface area contributed by atoms with Crippen molar-refractivity contribution in [2.75, 3.05) is 6.54 Å². The summed E-state index contributed by atoms with van der Waals surface area (Å²) in [6.45, 7) is 7.48. The van der Waals surface area contributed by atoms with E-state index in [2.05, 4.69) is 25.7 Å². The number of likely N-dealkylation sites (tertiary alicyclic amines) is 1. The SMILES string of the molecule is CC(C)N1CCCC(N)(CC(N)=O)C1C. The minimum atomic E-state index is -0.436. The third-order valence-corrected chi connectivity index (χ3v) is 3.55. The van der Waals surface area contributed by atoms with Gasteiger partial charge in [-0.1, -0.05) is 0 Å². The van der Waals surface area contributed by atoms with Crippen molar-refractivity contribution in [2.45, 2.75) is 57.7 Å². The van der Waals surface area contributed by atoms with E-state index in [1.54, 1.807) is 0 Å². The molecule has 88 valence electrons. The van der Waals surface area contributed by atoms with Gasteiger partial charge in [0.05, 0.1) is 0 Å². The summed E-state index contributed by atoms with van der Waals surface area (Å²) in [5.41, 5.74) is 11.1. The number of piperidine rings is 1. The summed E-state index contributed by atoms with van der Waals surface area (Å²) < 4.78 is 0. The van der Waals surface area contributed by atoms with Crippen molar-refractivity contribution in [1.82, 2.24) is 4.90 Å². The van der Waals surface area contributed by atoms with Crippen LogP contribution in [0.3, 0.4) is 0 Å². The van der Waals surface area contributed by atoms with Gasteiger partial charge in [0.15, 0.2) is 0 Å². The first-order valence-electron chi connectivity index (χ1n) is 5.70. The van der Waals surface area contributed by atoms with Gasteiger partial charge in [-0.3, -0.25) is 9.69 Å². The molecule has 1 amide bonds. The van der Waals surface area contributed by atoms with Gasteiger partial charge in [0, 0.05) is 24.0 Å². The van der Waals surface area contributed by atoms with Crippen molar-refractivity contribution in [3.8, 4) is 0 Å². The Hall–Kier alpha value is -0.610. The van der Waals surface area contributed by atoms with E-state index in [4.69, 9.17) is 11.5 Å². The third kappa shape index (κ3) is 2.69. The van der Waals surface area contributed by atoms with E-state index in [0.717, 1.165) is 19.4 Å². The second-order valence-electron chi connectivity index (χ2n) is 4.99. The Morgan fingerprint density at radius 2 is 2.20 bits per heavy atom. The summed E-state index contributed by atoms with van der Waals surface area (Å²) in [4.78, 5) is 13.4. The fraction of sp³-hybridized carbons (Fsp3) is 0.909. The van der Waals surface area contributed by atoms with E-state index in [0.29, 0.717) is 6.04 Å². The predicted octanol–water partition coefficient (Wildman–Crippen LogP) is 0.452. The lowest BCUT2D eigenvalue weighted by molar-refractivity contribution is -0.120. The summed E-state index contributed by atoms with van der Waals surface area (Å²) >= 11 is 0. The number of hydrogen-bond acceptors (Lipinski definition) is 3. The van der Waals surface area contributed by atoms with Gasteiger partial charge in [-0.05, 0) is 40.2 Å². The molecule has 0 radical (unpaired) electrons.